The molecule has 0 aliphatic heterocycles. The third-order valence-corrected chi connectivity index (χ3v) is 4.22. The predicted molar refractivity (Wildman–Crippen MR) is 83.7 cm³/mol. The lowest BCUT2D eigenvalue weighted by atomic mass is 10.2. The van der Waals surface area contributed by atoms with Crippen LogP contribution in [0.25, 0.3) is 0 Å². The van der Waals surface area contributed by atoms with Crippen LogP contribution in [0, 0.1) is 0 Å². The van der Waals surface area contributed by atoms with E-state index in [1.807, 2.05) is 31.1 Å². The van der Waals surface area contributed by atoms with Crippen molar-refractivity contribution in [3.63, 3.8) is 0 Å². The van der Waals surface area contributed by atoms with Crippen molar-refractivity contribution < 1.29 is 8.42 Å². The number of benzene rings is 1. The number of nitrogens with one attached hydrogen (secondary N) is 1. The van der Waals surface area contributed by atoms with Crippen LogP contribution >= 0.6 is 0 Å². The predicted octanol–water partition coefficient (Wildman–Crippen LogP) is 1.41. The average molecular weight is 306 g/mol. The Morgan fingerprint density at radius 3 is 2.48 bits per heavy atom. The van der Waals surface area contributed by atoms with Crippen LogP contribution in [0.1, 0.15) is 5.56 Å². The number of para-hydroxylation sites is 2. The zero-order chi connectivity index (χ0) is 15.5. The van der Waals surface area contributed by atoms with Crippen molar-refractivity contribution >= 4 is 21.4 Å². The van der Waals surface area contributed by atoms with Gasteiger partial charge in [-0.15, -0.1) is 0 Å². The van der Waals surface area contributed by atoms with Crippen LogP contribution in [0.2, 0.25) is 0 Å². The highest BCUT2D eigenvalue weighted by Gasteiger charge is 2.17. The van der Waals surface area contributed by atoms with E-state index in [4.69, 9.17) is 5.73 Å². The van der Waals surface area contributed by atoms with E-state index in [1.165, 1.54) is 12.3 Å². The third kappa shape index (κ3) is 3.50. The minimum Gasteiger partial charge on any atom is -0.376 e. The molecule has 6 nitrogen and oxygen atoms in total. The Bertz CT molecular complexity index is 712. The molecule has 3 N–H and O–H groups in total. The molecule has 2 aromatic rings. The molecule has 0 saturated heterocycles. The molecule has 0 unspecified atom stereocenters. The number of pyridine rings is 1. The van der Waals surface area contributed by atoms with Gasteiger partial charge in [-0.2, -0.15) is 8.42 Å². The summed E-state index contributed by atoms with van der Waals surface area (Å²) in [6, 6.07) is 10.3. The van der Waals surface area contributed by atoms with Gasteiger partial charge in [0.15, 0.2) is 5.03 Å². The summed E-state index contributed by atoms with van der Waals surface area (Å²) in [6.45, 7) is 0.324. The molecule has 0 aliphatic carbocycles. The molecule has 112 valence electrons. The second kappa shape index (κ2) is 6.11. The first-order valence-corrected chi connectivity index (χ1v) is 7.86. The lowest BCUT2D eigenvalue weighted by Crippen LogP contribution is -2.18. The van der Waals surface area contributed by atoms with Crippen molar-refractivity contribution in [1.29, 1.82) is 0 Å². The second-order valence-electron chi connectivity index (χ2n) is 4.73. The fourth-order valence-corrected chi connectivity index (χ4v) is 2.84. The first-order chi connectivity index (χ1) is 9.94. The van der Waals surface area contributed by atoms with Gasteiger partial charge in [-0.05, 0) is 23.8 Å². The van der Waals surface area contributed by atoms with Crippen LogP contribution in [-0.4, -0.2) is 27.5 Å². The number of hydrogen-bond acceptors (Lipinski definition) is 5. The minimum absolute atomic E-state index is 0.0340. The van der Waals surface area contributed by atoms with Gasteiger partial charge in [0.25, 0.3) is 10.0 Å². The van der Waals surface area contributed by atoms with Gasteiger partial charge in [0, 0.05) is 26.8 Å². The highest BCUT2D eigenvalue weighted by molar-refractivity contribution is 7.92. The van der Waals surface area contributed by atoms with Crippen molar-refractivity contribution in [2.75, 3.05) is 23.7 Å². The Morgan fingerprint density at radius 1 is 1.19 bits per heavy atom. The van der Waals surface area contributed by atoms with Crippen molar-refractivity contribution in [2.45, 2.75) is 11.6 Å². The molecule has 0 radical (unpaired) electrons. The molecule has 0 bridgehead atoms. The first-order valence-electron chi connectivity index (χ1n) is 6.38. The largest absolute Gasteiger partial charge is 0.376 e. The van der Waals surface area contributed by atoms with E-state index < -0.39 is 10.0 Å². The molecular weight excluding hydrogens is 288 g/mol. The zero-order valence-electron chi connectivity index (χ0n) is 11.9. The molecule has 0 aliphatic rings. The van der Waals surface area contributed by atoms with Crippen molar-refractivity contribution in [2.24, 2.45) is 5.73 Å². The number of hydrogen-bond donors (Lipinski definition) is 2. The number of aromatic nitrogens is 1. The SMILES string of the molecule is CN(C)c1ccccc1NS(=O)(=O)c1ccc(CN)cn1. The zero-order valence-corrected chi connectivity index (χ0v) is 12.8. The van der Waals surface area contributed by atoms with E-state index in [0.717, 1.165) is 11.3 Å². The van der Waals surface area contributed by atoms with Crippen molar-refractivity contribution in [3.05, 3.63) is 48.2 Å². The molecule has 2 rings (SSSR count). The Balaban J connectivity index is 2.33. The molecule has 0 amide bonds. The van der Waals surface area contributed by atoms with E-state index in [2.05, 4.69) is 9.71 Å². The Labute approximate surface area is 124 Å². The van der Waals surface area contributed by atoms with Crippen LogP contribution in [0.5, 0.6) is 0 Å². The normalized spacial score (nSPS) is 11.2. The van der Waals surface area contributed by atoms with E-state index in [-0.39, 0.29) is 5.03 Å². The van der Waals surface area contributed by atoms with Crippen molar-refractivity contribution in [1.82, 2.24) is 4.98 Å². The Morgan fingerprint density at radius 2 is 1.90 bits per heavy atom. The average Bonchev–Trinajstić information content (AvgIpc) is 2.47. The number of nitrogens with zero attached hydrogens (tertiary/aromatic N) is 2. The van der Waals surface area contributed by atoms with E-state index in [0.29, 0.717) is 12.2 Å². The summed E-state index contributed by atoms with van der Waals surface area (Å²) in [4.78, 5) is 5.78. The number of anilines is 2. The highest BCUT2D eigenvalue weighted by atomic mass is 32.2. The molecule has 1 aromatic carbocycles. The number of nitrogens with two attached hydrogens (primary N) is 1. The van der Waals surface area contributed by atoms with Gasteiger partial charge < -0.3 is 10.6 Å². The topological polar surface area (TPSA) is 88.3 Å². The van der Waals surface area contributed by atoms with Crippen LogP contribution in [0.3, 0.4) is 0 Å². The van der Waals surface area contributed by atoms with Crippen molar-refractivity contribution in [3.8, 4) is 0 Å². The highest BCUT2D eigenvalue weighted by Crippen LogP contribution is 2.25. The monoisotopic (exact) mass is 306 g/mol. The molecule has 1 heterocycles. The second-order valence-corrected chi connectivity index (χ2v) is 6.36. The summed E-state index contributed by atoms with van der Waals surface area (Å²) in [5.74, 6) is 0. The van der Waals surface area contributed by atoms with Crippen LogP contribution < -0.4 is 15.4 Å². The minimum atomic E-state index is -3.72. The maximum Gasteiger partial charge on any atom is 0.279 e. The van der Waals surface area contributed by atoms with E-state index in [1.54, 1.807) is 18.2 Å². The molecular formula is C14H18N4O2S. The molecule has 1 aromatic heterocycles. The Kier molecular flexibility index (Phi) is 4.44. The van der Waals surface area contributed by atoms with Gasteiger partial charge in [0.2, 0.25) is 0 Å². The lowest BCUT2D eigenvalue weighted by Gasteiger charge is -2.18. The fourth-order valence-electron chi connectivity index (χ4n) is 1.84. The third-order valence-electron chi connectivity index (χ3n) is 2.94. The van der Waals surface area contributed by atoms with Gasteiger partial charge in [0.1, 0.15) is 0 Å². The molecule has 0 atom stereocenters. The molecule has 0 fully saturated rings. The summed E-state index contributed by atoms with van der Waals surface area (Å²) < 4.78 is 27.3. The van der Waals surface area contributed by atoms with Gasteiger partial charge in [-0.1, -0.05) is 18.2 Å². The Hall–Kier alpha value is -2.12. The van der Waals surface area contributed by atoms with Crippen LogP contribution in [0.4, 0.5) is 11.4 Å². The standard InChI is InChI=1S/C14H18N4O2S/c1-18(2)13-6-4-3-5-12(13)17-21(19,20)14-8-7-11(9-15)10-16-14/h3-8,10,17H,9,15H2,1-2H3. The maximum absolute atomic E-state index is 12.4. The van der Waals surface area contributed by atoms with E-state index >= 15 is 0 Å². The van der Waals surface area contributed by atoms with Gasteiger partial charge in [0.05, 0.1) is 11.4 Å². The molecule has 7 heteroatoms. The summed E-state index contributed by atoms with van der Waals surface area (Å²) in [5.41, 5.74) is 7.54. The summed E-state index contributed by atoms with van der Waals surface area (Å²) in [7, 11) is -0.0257. The summed E-state index contributed by atoms with van der Waals surface area (Å²) in [6.07, 6.45) is 1.46. The quantitative estimate of drug-likeness (QED) is 0.872. The summed E-state index contributed by atoms with van der Waals surface area (Å²) in [5, 5.41) is -0.0340. The van der Waals surface area contributed by atoms with E-state index in [9.17, 15) is 8.42 Å². The maximum atomic E-state index is 12.4. The van der Waals surface area contributed by atoms with Crippen LogP contribution in [-0.2, 0) is 16.6 Å². The molecule has 0 saturated carbocycles. The van der Waals surface area contributed by atoms with Gasteiger partial charge in [-0.25, -0.2) is 4.98 Å². The van der Waals surface area contributed by atoms with Crippen LogP contribution in [0.15, 0.2) is 47.6 Å². The molecule has 21 heavy (non-hydrogen) atoms. The fraction of sp³-hybridized carbons (Fsp3) is 0.214. The summed E-state index contributed by atoms with van der Waals surface area (Å²) >= 11 is 0. The smallest absolute Gasteiger partial charge is 0.279 e. The first kappa shape index (κ1) is 15.3. The van der Waals surface area contributed by atoms with Gasteiger partial charge in [-0.3, -0.25) is 4.72 Å². The number of sulfonamides is 1. The number of rotatable bonds is 5. The molecule has 0 spiro atoms. The van der Waals surface area contributed by atoms with Gasteiger partial charge >= 0.3 is 0 Å². The lowest BCUT2D eigenvalue weighted by molar-refractivity contribution is 0.597.